The van der Waals surface area contributed by atoms with Crippen LogP contribution in [0.5, 0.6) is 0 Å². The van der Waals surface area contributed by atoms with Gasteiger partial charge in [0.2, 0.25) is 11.8 Å². The number of carboxylic acids is 1. The first-order valence-corrected chi connectivity index (χ1v) is 4.48. The van der Waals surface area contributed by atoms with E-state index in [1.807, 2.05) is 0 Å². The summed E-state index contributed by atoms with van der Waals surface area (Å²) in [6, 6.07) is -2.01. The topological polar surface area (TPSA) is 116 Å². The monoisotopic (exact) mass is 216 g/mol. The third kappa shape index (κ3) is 2.91. The lowest BCUT2D eigenvalue weighted by molar-refractivity contribution is -0.143. The van der Waals surface area contributed by atoms with Crippen molar-refractivity contribution in [1.82, 2.24) is 10.6 Å². The van der Waals surface area contributed by atoms with E-state index in [2.05, 4.69) is 10.6 Å². The van der Waals surface area contributed by atoms with Crippen LogP contribution in [0.4, 0.5) is 0 Å². The van der Waals surface area contributed by atoms with E-state index in [0.717, 1.165) is 0 Å². The Morgan fingerprint density at radius 3 is 2.67 bits per heavy atom. The molecule has 7 heteroatoms. The Morgan fingerprint density at radius 1 is 1.60 bits per heavy atom. The van der Waals surface area contributed by atoms with Crippen LogP contribution in [0, 0.1) is 0 Å². The molecule has 84 valence electrons. The Bertz CT molecular complexity index is 291. The van der Waals surface area contributed by atoms with Crippen LogP contribution in [0.25, 0.3) is 0 Å². The Labute approximate surface area is 85.5 Å². The van der Waals surface area contributed by atoms with Gasteiger partial charge in [0.1, 0.15) is 12.1 Å². The number of carboxylic acid groups (broad SMARTS) is 1. The average molecular weight is 216 g/mol. The smallest absolute Gasteiger partial charge is 0.328 e. The van der Waals surface area contributed by atoms with Gasteiger partial charge in [0.15, 0.2) is 0 Å². The first-order valence-electron chi connectivity index (χ1n) is 4.48. The van der Waals surface area contributed by atoms with Gasteiger partial charge in [-0.2, -0.15) is 0 Å². The largest absolute Gasteiger partial charge is 0.480 e. The molecule has 1 aliphatic rings. The molecule has 0 aromatic carbocycles. The molecule has 2 amide bonds. The van der Waals surface area contributed by atoms with Gasteiger partial charge in [-0.3, -0.25) is 9.59 Å². The Hall–Kier alpha value is -1.63. The van der Waals surface area contributed by atoms with Crippen LogP contribution < -0.4 is 10.6 Å². The highest BCUT2D eigenvalue weighted by Crippen LogP contribution is 2.06. The van der Waals surface area contributed by atoms with Crippen molar-refractivity contribution in [3.63, 3.8) is 0 Å². The van der Waals surface area contributed by atoms with Gasteiger partial charge in [0.25, 0.3) is 0 Å². The maximum Gasteiger partial charge on any atom is 0.328 e. The number of hydrogen-bond donors (Lipinski definition) is 4. The molecule has 0 radical (unpaired) electrons. The minimum Gasteiger partial charge on any atom is -0.480 e. The lowest BCUT2D eigenvalue weighted by atomic mass is 10.2. The molecule has 0 spiro atoms. The van der Waals surface area contributed by atoms with E-state index in [1.165, 1.54) is 0 Å². The van der Waals surface area contributed by atoms with Crippen molar-refractivity contribution in [3.05, 3.63) is 0 Å². The molecule has 15 heavy (non-hydrogen) atoms. The van der Waals surface area contributed by atoms with Gasteiger partial charge in [0.05, 0.1) is 6.61 Å². The molecule has 0 unspecified atom stereocenters. The first kappa shape index (κ1) is 11.4. The number of nitrogens with one attached hydrogen (secondary N) is 2. The minimum atomic E-state index is -1.32. The van der Waals surface area contributed by atoms with Crippen LogP contribution in [0.3, 0.4) is 0 Å². The zero-order chi connectivity index (χ0) is 11.4. The number of rotatable bonds is 4. The Balaban J connectivity index is 2.47. The summed E-state index contributed by atoms with van der Waals surface area (Å²) in [4.78, 5) is 32.6. The van der Waals surface area contributed by atoms with Crippen molar-refractivity contribution in [2.24, 2.45) is 0 Å². The van der Waals surface area contributed by atoms with Crippen LogP contribution in [0.2, 0.25) is 0 Å². The average Bonchev–Trinajstić information content (AvgIpc) is 2.60. The minimum absolute atomic E-state index is 0.231. The SMILES string of the molecule is O=C1CC[C@@H](C(=O)N[C@@H](CO)C(=O)O)N1. The number of carbonyl (C=O) groups is 3. The fraction of sp³-hybridized carbons (Fsp3) is 0.625. The van der Waals surface area contributed by atoms with Gasteiger partial charge in [-0.05, 0) is 6.42 Å². The van der Waals surface area contributed by atoms with E-state index >= 15 is 0 Å². The van der Waals surface area contributed by atoms with Crippen molar-refractivity contribution < 1.29 is 24.6 Å². The van der Waals surface area contributed by atoms with E-state index in [4.69, 9.17) is 10.2 Å². The van der Waals surface area contributed by atoms with Crippen molar-refractivity contribution in [2.45, 2.75) is 24.9 Å². The van der Waals surface area contributed by atoms with Gasteiger partial charge < -0.3 is 20.8 Å². The Morgan fingerprint density at radius 2 is 2.27 bits per heavy atom. The van der Waals surface area contributed by atoms with E-state index in [9.17, 15) is 14.4 Å². The molecule has 1 rings (SSSR count). The van der Waals surface area contributed by atoms with Gasteiger partial charge in [-0.15, -0.1) is 0 Å². The number of carbonyl (C=O) groups excluding carboxylic acids is 2. The maximum absolute atomic E-state index is 11.4. The van der Waals surface area contributed by atoms with Crippen LogP contribution in [0.15, 0.2) is 0 Å². The highest BCUT2D eigenvalue weighted by molar-refractivity contribution is 5.92. The van der Waals surface area contributed by atoms with E-state index in [0.29, 0.717) is 6.42 Å². The van der Waals surface area contributed by atoms with Crippen molar-refractivity contribution >= 4 is 17.8 Å². The molecular weight excluding hydrogens is 204 g/mol. The summed E-state index contributed by atoms with van der Waals surface area (Å²) in [7, 11) is 0. The molecule has 1 aliphatic heterocycles. The zero-order valence-corrected chi connectivity index (χ0v) is 7.90. The van der Waals surface area contributed by atoms with Crippen LogP contribution >= 0.6 is 0 Å². The highest BCUT2D eigenvalue weighted by Gasteiger charge is 2.29. The van der Waals surface area contributed by atoms with Crippen LogP contribution in [-0.2, 0) is 14.4 Å². The van der Waals surface area contributed by atoms with E-state index < -0.39 is 30.6 Å². The van der Waals surface area contributed by atoms with Crippen molar-refractivity contribution in [2.75, 3.05) is 6.61 Å². The van der Waals surface area contributed by atoms with E-state index in [1.54, 1.807) is 0 Å². The molecule has 1 saturated heterocycles. The number of hydrogen-bond acceptors (Lipinski definition) is 4. The summed E-state index contributed by atoms with van der Waals surface area (Å²) in [5.74, 6) is -2.12. The van der Waals surface area contributed by atoms with Gasteiger partial charge in [-0.25, -0.2) is 4.79 Å². The molecule has 1 fully saturated rings. The van der Waals surface area contributed by atoms with Crippen LogP contribution in [0.1, 0.15) is 12.8 Å². The fourth-order valence-corrected chi connectivity index (χ4v) is 1.27. The van der Waals surface area contributed by atoms with Crippen molar-refractivity contribution in [1.29, 1.82) is 0 Å². The molecule has 0 aromatic heterocycles. The predicted octanol–water partition coefficient (Wildman–Crippen LogP) is -2.17. The summed E-state index contributed by atoms with van der Waals surface area (Å²) in [6.45, 7) is -0.679. The predicted molar refractivity (Wildman–Crippen MR) is 47.8 cm³/mol. The quantitative estimate of drug-likeness (QED) is 0.426. The number of aliphatic hydroxyl groups excluding tert-OH is 1. The van der Waals surface area contributed by atoms with Crippen LogP contribution in [-0.4, -0.2) is 46.7 Å². The third-order valence-electron chi connectivity index (χ3n) is 2.11. The van der Waals surface area contributed by atoms with Gasteiger partial charge >= 0.3 is 5.97 Å². The lowest BCUT2D eigenvalue weighted by Crippen LogP contribution is -2.50. The number of amides is 2. The van der Waals surface area contributed by atoms with Crippen molar-refractivity contribution in [3.8, 4) is 0 Å². The molecule has 2 atom stereocenters. The second-order valence-electron chi connectivity index (χ2n) is 3.24. The summed E-state index contributed by atoms with van der Waals surface area (Å²) in [5.41, 5.74) is 0. The molecule has 0 bridgehead atoms. The molecular formula is C8H12N2O5. The van der Waals surface area contributed by atoms with Gasteiger partial charge in [-0.1, -0.05) is 0 Å². The molecule has 0 saturated carbocycles. The summed E-state index contributed by atoms with van der Waals surface area (Å²) >= 11 is 0. The summed E-state index contributed by atoms with van der Waals surface area (Å²) < 4.78 is 0. The standard InChI is InChI=1S/C8H12N2O5/c11-3-5(8(14)15)10-7(13)4-1-2-6(12)9-4/h4-5,11H,1-3H2,(H,9,12)(H,10,13)(H,14,15)/t4-,5-/m0/s1. The van der Waals surface area contributed by atoms with E-state index in [-0.39, 0.29) is 12.3 Å². The summed E-state index contributed by atoms with van der Waals surface area (Å²) in [6.07, 6.45) is 0.609. The normalized spacial score (nSPS) is 21.9. The summed E-state index contributed by atoms with van der Waals surface area (Å²) in [5, 5.41) is 21.7. The molecule has 0 aliphatic carbocycles. The second kappa shape index (κ2) is 4.74. The number of aliphatic hydroxyl groups is 1. The molecule has 0 aromatic rings. The fourth-order valence-electron chi connectivity index (χ4n) is 1.27. The third-order valence-corrected chi connectivity index (χ3v) is 2.11. The van der Waals surface area contributed by atoms with Gasteiger partial charge in [0, 0.05) is 6.42 Å². The zero-order valence-electron chi connectivity index (χ0n) is 7.90. The Kier molecular flexibility index (Phi) is 3.62. The highest BCUT2D eigenvalue weighted by atomic mass is 16.4. The first-order chi connectivity index (χ1) is 7.04. The molecule has 1 heterocycles. The lowest BCUT2D eigenvalue weighted by Gasteiger charge is -2.15. The molecule has 7 nitrogen and oxygen atoms in total. The number of aliphatic carboxylic acids is 1. The molecule has 4 N–H and O–H groups in total. The second-order valence-corrected chi connectivity index (χ2v) is 3.24. The maximum atomic E-state index is 11.4.